The summed E-state index contributed by atoms with van der Waals surface area (Å²) >= 11 is 1.33. The molecule has 240 valence electrons. The molecule has 1 saturated heterocycles. The highest BCUT2D eigenvalue weighted by Gasteiger charge is 2.32. The van der Waals surface area contributed by atoms with Crippen molar-refractivity contribution in [3.05, 3.63) is 94.7 Å². The third-order valence-corrected chi connectivity index (χ3v) is 8.58. The number of nitrogens with one attached hydrogen (secondary N) is 2. The van der Waals surface area contributed by atoms with Crippen molar-refractivity contribution in [1.82, 2.24) is 15.8 Å². The number of unbranched alkanes of at least 4 members (excludes halogenated alkanes) is 3. The molecule has 3 atom stereocenters. The monoisotopic (exact) mass is 637 g/mol. The second-order valence-corrected chi connectivity index (χ2v) is 11.8. The zero-order chi connectivity index (χ0) is 32.0. The van der Waals surface area contributed by atoms with E-state index in [4.69, 9.17) is 14.7 Å². The quantitative estimate of drug-likeness (QED) is 0.0619. The van der Waals surface area contributed by atoms with Crippen molar-refractivity contribution in [2.24, 2.45) is 0 Å². The van der Waals surface area contributed by atoms with Gasteiger partial charge in [-0.2, -0.15) is 0 Å². The summed E-state index contributed by atoms with van der Waals surface area (Å²) in [7, 11) is 0. The maximum atomic E-state index is 12.3. The van der Waals surface area contributed by atoms with Crippen molar-refractivity contribution in [2.75, 3.05) is 5.75 Å². The van der Waals surface area contributed by atoms with E-state index in [1.165, 1.54) is 17.8 Å². The van der Waals surface area contributed by atoms with Crippen molar-refractivity contribution >= 4 is 29.5 Å². The number of carboxylic acids is 1. The van der Waals surface area contributed by atoms with E-state index in [9.17, 15) is 24.6 Å². The number of amides is 2. The van der Waals surface area contributed by atoms with Crippen LogP contribution in [-0.4, -0.2) is 50.0 Å². The minimum atomic E-state index is -1.03. The molecule has 0 unspecified atom stereocenters. The van der Waals surface area contributed by atoms with E-state index in [1.54, 1.807) is 17.7 Å². The molecule has 2 heterocycles. The summed E-state index contributed by atoms with van der Waals surface area (Å²) in [6, 6.07) is 18.4. The molecule has 2 aromatic carbocycles. The van der Waals surface area contributed by atoms with Crippen molar-refractivity contribution < 1.29 is 39.3 Å². The van der Waals surface area contributed by atoms with Crippen LogP contribution in [0.15, 0.2) is 71.9 Å². The van der Waals surface area contributed by atoms with Crippen molar-refractivity contribution in [1.29, 1.82) is 0 Å². The summed E-state index contributed by atoms with van der Waals surface area (Å²) in [5, 5.41) is 30.9. The number of thioether (sulfide) groups is 1. The molecule has 0 radical (unpaired) electrons. The zero-order valence-electron chi connectivity index (χ0n) is 24.9. The lowest BCUT2D eigenvalue weighted by Gasteiger charge is -2.36. The molecule has 1 fully saturated rings. The molecule has 1 aliphatic rings. The Morgan fingerprint density at radius 3 is 2.20 bits per heavy atom. The first kappa shape index (κ1) is 34.1. The summed E-state index contributed by atoms with van der Waals surface area (Å²) < 4.78 is 12.8. The van der Waals surface area contributed by atoms with Crippen molar-refractivity contribution in [3.8, 4) is 0 Å². The molecular formula is C33H39N3O8S. The average Bonchev–Trinajstić information content (AvgIpc) is 3.08. The molecule has 11 nitrogen and oxygen atoms in total. The van der Waals surface area contributed by atoms with Gasteiger partial charge in [0.15, 0.2) is 6.29 Å². The second-order valence-electron chi connectivity index (χ2n) is 10.8. The molecule has 2 amide bonds. The van der Waals surface area contributed by atoms with Gasteiger partial charge in [-0.25, -0.2) is 15.3 Å². The van der Waals surface area contributed by atoms with Gasteiger partial charge in [0.1, 0.15) is 5.03 Å². The number of hydroxylamine groups is 1. The van der Waals surface area contributed by atoms with Crippen LogP contribution in [0, 0.1) is 0 Å². The summed E-state index contributed by atoms with van der Waals surface area (Å²) in [4.78, 5) is 39.2. The number of carbonyl (C=O) groups excluding carboxylic acids is 2. The number of hydrogen-bond acceptors (Lipinski definition) is 9. The standard InChI is InChI=1S/C33H39N3O8S/c37-20-23-11-13-24(14-12-23)28-18-26(21-45-31-27(32(40)41)6-5-17-34-31)43-33(44-28)25-15-9-22(10-16-25)19-35-29(38)7-3-1-2-4-8-30(39)36-42/h5-6,9-17,26,28,33,37,42H,1-4,7-8,18-21H2,(H,35,38)(H,36,39)(H,40,41)/t26-,28+,33+/m1/s1. The Kier molecular flexibility index (Phi) is 13.3. The van der Waals surface area contributed by atoms with Crippen molar-refractivity contribution in [2.45, 2.75) is 81.6 Å². The van der Waals surface area contributed by atoms with E-state index in [1.807, 2.05) is 48.5 Å². The van der Waals surface area contributed by atoms with E-state index < -0.39 is 18.2 Å². The number of aromatic nitrogens is 1. The number of nitrogens with zero attached hydrogens (tertiary/aromatic N) is 1. The average molecular weight is 638 g/mol. The lowest BCUT2D eigenvalue weighted by atomic mass is 10.0. The predicted molar refractivity (Wildman–Crippen MR) is 166 cm³/mol. The predicted octanol–water partition coefficient (Wildman–Crippen LogP) is 5.07. The van der Waals surface area contributed by atoms with Gasteiger partial charge in [-0.1, -0.05) is 61.4 Å². The lowest BCUT2D eigenvalue weighted by Crippen LogP contribution is -2.31. The molecular weight excluding hydrogens is 598 g/mol. The fourth-order valence-electron chi connectivity index (χ4n) is 4.93. The highest BCUT2D eigenvalue weighted by Crippen LogP contribution is 2.39. The third kappa shape index (κ3) is 10.6. The number of aromatic carboxylic acids is 1. The number of rotatable bonds is 16. The molecule has 5 N–H and O–H groups in total. The molecule has 0 bridgehead atoms. The number of pyridine rings is 1. The number of hydrogen-bond donors (Lipinski definition) is 5. The largest absolute Gasteiger partial charge is 0.478 e. The second kappa shape index (κ2) is 17.6. The fraction of sp³-hybridized carbons (Fsp3) is 0.394. The van der Waals surface area contributed by atoms with Crippen molar-refractivity contribution in [3.63, 3.8) is 0 Å². The number of ether oxygens (including phenoxy) is 2. The van der Waals surface area contributed by atoms with Gasteiger partial charge in [-0.3, -0.25) is 14.8 Å². The van der Waals surface area contributed by atoms with Crippen LogP contribution in [0.2, 0.25) is 0 Å². The Morgan fingerprint density at radius 2 is 1.53 bits per heavy atom. The van der Waals surface area contributed by atoms with Gasteiger partial charge < -0.3 is 25.0 Å². The van der Waals surface area contributed by atoms with Crippen LogP contribution in [0.1, 0.15) is 90.0 Å². The minimum Gasteiger partial charge on any atom is -0.478 e. The smallest absolute Gasteiger partial charge is 0.338 e. The van der Waals surface area contributed by atoms with E-state index in [0.29, 0.717) is 36.6 Å². The normalized spacial score (nSPS) is 17.9. The molecule has 4 rings (SSSR count). The first-order chi connectivity index (χ1) is 21.9. The Bertz CT molecular complexity index is 1400. The Hall–Kier alpha value is -3.81. The van der Waals surface area contributed by atoms with E-state index in [2.05, 4.69) is 10.3 Å². The Balaban J connectivity index is 1.34. The fourth-order valence-corrected chi connectivity index (χ4v) is 5.93. The molecule has 0 saturated carbocycles. The summed E-state index contributed by atoms with van der Waals surface area (Å²) in [6.07, 6.45) is 4.63. The molecule has 3 aromatic rings. The lowest BCUT2D eigenvalue weighted by molar-refractivity contribution is -0.245. The first-order valence-corrected chi connectivity index (χ1v) is 15.9. The number of aliphatic hydroxyl groups is 1. The van der Waals surface area contributed by atoms with Gasteiger partial charge in [0, 0.05) is 43.3 Å². The summed E-state index contributed by atoms with van der Waals surface area (Å²) in [6.45, 7) is 0.338. The Morgan fingerprint density at radius 1 is 0.867 bits per heavy atom. The van der Waals surface area contributed by atoms with Gasteiger partial charge in [-0.05, 0) is 41.7 Å². The van der Waals surface area contributed by atoms with Crippen LogP contribution >= 0.6 is 11.8 Å². The van der Waals surface area contributed by atoms with E-state index in [-0.39, 0.29) is 36.7 Å². The van der Waals surface area contributed by atoms with Crippen LogP contribution in [0.3, 0.4) is 0 Å². The number of carboxylic acid groups (broad SMARTS) is 1. The number of aliphatic hydroxyl groups excluding tert-OH is 1. The maximum absolute atomic E-state index is 12.3. The molecule has 0 spiro atoms. The summed E-state index contributed by atoms with van der Waals surface area (Å²) in [5.74, 6) is -0.994. The maximum Gasteiger partial charge on any atom is 0.338 e. The number of carbonyl (C=O) groups is 3. The van der Waals surface area contributed by atoms with Crippen LogP contribution in [-0.2, 0) is 32.2 Å². The van der Waals surface area contributed by atoms with Crippen LogP contribution in [0.25, 0.3) is 0 Å². The topological polar surface area (TPSA) is 167 Å². The number of benzene rings is 2. The summed E-state index contributed by atoms with van der Waals surface area (Å²) in [5.41, 5.74) is 5.26. The molecule has 45 heavy (non-hydrogen) atoms. The molecule has 1 aromatic heterocycles. The highest BCUT2D eigenvalue weighted by molar-refractivity contribution is 7.99. The zero-order valence-corrected chi connectivity index (χ0v) is 25.7. The van der Waals surface area contributed by atoms with E-state index >= 15 is 0 Å². The van der Waals surface area contributed by atoms with Crippen LogP contribution < -0.4 is 10.8 Å². The molecule has 0 aliphatic carbocycles. The molecule has 1 aliphatic heterocycles. The van der Waals surface area contributed by atoms with Gasteiger partial charge in [-0.15, -0.1) is 11.8 Å². The van der Waals surface area contributed by atoms with Gasteiger partial charge >= 0.3 is 5.97 Å². The SMILES string of the molecule is O=C(CCCCCCC(=O)NCc1ccc([C@H]2O[C@@H](CSc3ncccc3C(=O)O)C[C@@H](c3ccc(CO)cc3)O2)cc1)NO. The van der Waals surface area contributed by atoms with Gasteiger partial charge in [0.2, 0.25) is 11.8 Å². The van der Waals surface area contributed by atoms with Crippen LogP contribution in [0.4, 0.5) is 0 Å². The molecule has 12 heteroatoms. The highest BCUT2D eigenvalue weighted by atomic mass is 32.2. The third-order valence-electron chi connectivity index (χ3n) is 7.45. The first-order valence-electron chi connectivity index (χ1n) is 15.0. The van der Waals surface area contributed by atoms with E-state index in [0.717, 1.165) is 41.5 Å². The van der Waals surface area contributed by atoms with Gasteiger partial charge in [0.05, 0.1) is 24.4 Å². The van der Waals surface area contributed by atoms with Gasteiger partial charge in [0.25, 0.3) is 0 Å². The minimum absolute atomic E-state index is 0.0412. The Labute approximate surface area is 266 Å². The van der Waals surface area contributed by atoms with Crippen LogP contribution in [0.5, 0.6) is 0 Å².